The first-order valence-corrected chi connectivity index (χ1v) is 6.63. The fourth-order valence-corrected chi connectivity index (χ4v) is 2.77. The van der Waals surface area contributed by atoms with Crippen LogP contribution in [0.2, 0.25) is 0 Å². The second-order valence-electron chi connectivity index (χ2n) is 4.57. The van der Waals surface area contributed by atoms with E-state index in [4.69, 9.17) is 0 Å². The van der Waals surface area contributed by atoms with Gasteiger partial charge in [-0.15, -0.1) is 11.3 Å². The van der Waals surface area contributed by atoms with Gasteiger partial charge in [0.1, 0.15) is 17.0 Å². The number of nitrogens with zero attached hydrogens (tertiary/aromatic N) is 2. The van der Waals surface area contributed by atoms with E-state index in [2.05, 4.69) is 33.7 Å². The average Bonchev–Trinajstić information content (AvgIpc) is 2.94. The lowest BCUT2D eigenvalue weighted by molar-refractivity contribution is 0.521. The quantitative estimate of drug-likeness (QED) is 0.880. The third-order valence-corrected chi connectivity index (χ3v) is 4.42. The van der Waals surface area contributed by atoms with Crippen molar-refractivity contribution in [2.24, 2.45) is 5.41 Å². The minimum Gasteiger partial charge on any atom is -0.369 e. The van der Waals surface area contributed by atoms with E-state index < -0.39 is 0 Å². The maximum absolute atomic E-state index is 4.33. The van der Waals surface area contributed by atoms with Crippen LogP contribution in [0.3, 0.4) is 0 Å². The summed E-state index contributed by atoms with van der Waals surface area (Å²) in [6.07, 6.45) is 5.62. The summed E-state index contributed by atoms with van der Waals surface area (Å²) in [5.74, 6) is 0.992. The number of hydrogen-bond acceptors (Lipinski definition) is 4. The minimum atomic E-state index is 0.549. The summed E-state index contributed by atoms with van der Waals surface area (Å²) in [5, 5.41) is 6.70. The molecule has 1 N–H and O–H groups in total. The third-order valence-electron chi connectivity index (χ3n) is 3.60. The van der Waals surface area contributed by atoms with Crippen molar-refractivity contribution >= 4 is 27.4 Å². The van der Waals surface area contributed by atoms with E-state index in [1.54, 1.807) is 17.7 Å². The molecular formula is C12H15N3S. The Morgan fingerprint density at radius 1 is 1.44 bits per heavy atom. The molecule has 0 radical (unpaired) electrons. The molecule has 3 nitrogen and oxygen atoms in total. The first-order valence-electron chi connectivity index (χ1n) is 5.75. The Morgan fingerprint density at radius 3 is 3.06 bits per heavy atom. The zero-order chi connectivity index (χ0) is 11.0. The molecule has 0 aromatic carbocycles. The molecule has 1 aliphatic carbocycles. The summed E-state index contributed by atoms with van der Waals surface area (Å²) in [7, 11) is 0. The molecule has 1 saturated carbocycles. The number of fused-ring (bicyclic) bond motifs is 1. The van der Waals surface area contributed by atoms with E-state index in [0.29, 0.717) is 5.41 Å². The number of hydrogen-bond donors (Lipinski definition) is 1. The highest BCUT2D eigenvalue weighted by Gasteiger charge is 2.40. The number of aromatic nitrogens is 2. The van der Waals surface area contributed by atoms with Crippen LogP contribution in [0.15, 0.2) is 17.8 Å². The Bertz CT molecular complexity index is 502. The second-order valence-corrected chi connectivity index (χ2v) is 5.46. The van der Waals surface area contributed by atoms with Crippen molar-refractivity contribution in [2.45, 2.75) is 26.2 Å². The van der Waals surface area contributed by atoms with E-state index >= 15 is 0 Å². The van der Waals surface area contributed by atoms with Crippen LogP contribution in [-0.4, -0.2) is 16.5 Å². The normalized spacial score (nSPS) is 17.6. The molecule has 4 heteroatoms. The van der Waals surface area contributed by atoms with Gasteiger partial charge in [0.25, 0.3) is 0 Å². The van der Waals surface area contributed by atoms with Crippen LogP contribution in [0, 0.1) is 5.41 Å². The molecular weight excluding hydrogens is 218 g/mol. The molecule has 1 aliphatic rings. The van der Waals surface area contributed by atoms with Crippen LogP contribution in [0.5, 0.6) is 0 Å². The van der Waals surface area contributed by atoms with Crippen molar-refractivity contribution < 1.29 is 0 Å². The van der Waals surface area contributed by atoms with Crippen LogP contribution in [0.1, 0.15) is 26.2 Å². The molecule has 2 aromatic rings. The van der Waals surface area contributed by atoms with Gasteiger partial charge in [-0.2, -0.15) is 0 Å². The molecule has 0 atom stereocenters. The summed E-state index contributed by atoms with van der Waals surface area (Å²) < 4.78 is 0. The van der Waals surface area contributed by atoms with Gasteiger partial charge in [0.05, 0.1) is 5.39 Å². The van der Waals surface area contributed by atoms with E-state index in [0.717, 1.165) is 22.6 Å². The maximum Gasteiger partial charge on any atom is 0.138 e. The number of rotatable bonds is 4. The number of nitrogens with one attached hydrogen (secondary N) is 1. The molecule has 0 saturated heterocycles. The summed E-state index contributed by atoms with van der Waals surface area (Å²) in [6, 6.07) is 2.09. The summed E-state index contributed by atoms with van der Waals surface area (Å²) in [4.78, 5) is 9.65. The predicted molar refractivity (Wildman–Crippen MR) is 67.9 cm³/mol. The number of anilines is 1. The van der Waals surface area contributed by atoms with Gasteiger partial charge >= 0.3 is 0 Å². The van der Waals surface area contributed by atoms with Crippen molar-refractivity contribution in [1.82, 2.24) is 9.97 Å². The van der Waals surface area contributed by atoms with Gasteiger partial charge in [-0.3, -0.25) is 0 Å². The lowest BCUT2D eigenvalue weighted by Gasteiger charge is -2.14. The molecule has 0 amide bonds. The zero-order valence-corrected chi connectivity index (χ0v) is 10.2. The zero-order valence-electron chi connectivity index (χ0n) is 9.36. The first kappa shape index (κ1) is 10.0. The van der Waals surface area contributed by atoms with Crippen LogP contribution in [-0.2, 0) is 0 Å². The van der Waals surface area contributed by atoms with Gasteiger partial charge in [-0.25, -0.2) is 9.97 Å². The highest BCUT2D eigenvalue weighted by molar-refractivity contribution is 7.16. The smallest absolute Gasteiger partial charge is 0.138 e. The molecule has 0 unspecified atom stereocenters. The monoisotopic (exact) mass is 233 g/mol. The summed E-state index contributed by atoms with van der Waals surface area (Å²) in [6.45, 7) is 3.32. The Hall–Kier alpha value is -1.16. The number of thiophene rings is 1. The van der Waals surface area contributed by atoms with Crippen LogP contribution in [0.4, 0.5) is 5.82 Å². The van der Waals surface area contributed by atoms with E-state index in [1.165, 1.54) is 19.3 Å². The second kappa shape index (κ2) is 3.70. The molecule has 3 rings (SSSR count). The highest BCUT2D eigenvalue weighted by atomic mass is 32.1. The fourth-order valence-electron chi connectivity index (χ4n) is 2.03. The van der Waals surface area contributed by atoms with Crippen molar-refractivity contribution in [3.8, 4) is 0 Å². The van der Waals surface area contributed by atoms with Gasteiger partial charge in [-0.05, 0) is 36.1 Å². The SMILES string of the molecule is CCC1(CNc2ncnc3sccc23)CC1. The molecule has 0 aliphatic heterocycles. The van der Waals surface area contributed by atoms with E-state index in [-0.39, 0.29) is 0 Å². The summed E-state index contributed by atoms with van der Waals surface area (Å²) in [5.41, 5.74) is 0.549. The standard InChI is InChI=1S/C12H15N3S/c1-2-12(4-5-12)7-13-10-9-3-6-16-11(9)15-8-14-10/h3,6,8H,2,4-5,7H2,1H3,(H,13,14,15). The summed E-state index contributed by atoms with van der Waals surface area (Å²) >= 11 is 1.67. The molecule has 0 bridgehead atoms. The average molecular weight is 233 g/mol. The topological polar surface area (TPSA) is 37.8 Å². The van der Waals surface area contributed by atoms with Crippen molar-refractivity contribution in [3.63, 3.8) is 0 Å². The van der Waals surface area contributed by atoms with Crippen LogP contribution in [0.25, 0.3) is 10.2 Å². The molecule has 1 fully saturated rings. The highest BCUT2D eigenvalue weighted by Crippen LogP contribution is 2.48. The van der Waals surface area contributed by atoms with Crippen LogP contribution < -0.4 is 5.32 Å². The Balaban J connectivity index is 1.81. The maximum atomic E-state index is 4.33. The molecule has 16 heavy (non-hydrogen) atoms. The molecule has 84 valence electrons. The van der Waals surface area contributed by atoms with Gasteiger partial charge in [0.15, 0.2) is 0 Å². The van der Waals surface area contributed by atoms with Gasteiger partial charge in [0, 0.05) is 6.54 Å². The lowest BCUT2D eigenvalue weighted by atomic mass is 10.0. The van der Waals surface area contributed by atoms with E-state index in [9.17, 15) is 0 Å². The Labute approximate surface area is 98.9 Å². The molecule has 2 heterocycles. The lowest BCUT2D eigenvalue weighted by Crippen LogP contribution is -2.15. The van der Waals surface area contributed by atoms with Gasteiger partial charge in [0.2, 0.25) is 0 Å². The Kier molecular flexibility index (Phi) is 2.32. The third kappa shape index (κ3) is 1.67. The molecule has 2 aromatic heterocycles. The molecule has 0 spiro atoms. The largest absolute Gasteiger partial charge is 0.369 e. The van der Waals surface area contributed by atoms with Gasteiger partial charge < -0.3 is 5.32 Å². The minimum absolute atomic E-state index is 0.549. The predicted octanol–water partition coefficient (Wildman–Crippen LogP) is 3.29. The van der Waals surface area contributed by atoms with Crippen molar-refractivity contribution in [2.75, 3.05) is 11.9 Å². The van der Waals surface area contributed by atoms with Crippen molar-refractivity contribution in [1.29, 1.82) is 0 Å². The van der Waals surface area contributed by atoms with Gasteiger partial charge in [-0.1, -0.05) is 6.92 Å². The van der Waals surface area contributed by atoms with E-state index in [1.807, 2.05) is 0 Å². The van der Waals surface area contributed by atoms with Crippen LogP contribution >= 0.6 is 11.3 Å². The fraction of sp³-hybridized carbons (Fsp3) is 0.500. The van der Waals surface area contributed by atoms with Crippen molar-refractivity contribution in [3.05, 3.63) is 17.8 Å². The first-order chi connectivity index (χ1) is 7.83. The Morgan fingerprint density at radius 2 is 2.31 bits per heavy atom.